The number of hydrogen-bond acceptors (Lipinski definition) is 16. The fraction of sp³-hybridized carbons (Fsp3) is 0.571. The second-order valence-electron chi connectivity index (χ2n) is 23.5. The number of aliphatic carboxylic acids is 1. The first kappa shape index (κ1) is 81.2. The molecule has 0 radical (unpaired) electrons. The number of carboxylic acids is 1. The number of nitrogens with one attached hydrogen (secondary N) is 1. The summed E-state index contributed by atoms with van der Waals surface area (Å²) in [6.45, 7) is 9.16. The Morgan fingerprint density at radius 1 is 0.551 bits per heavy atom. The topological polar surface area (TPSA) is 365 Å². The summed E-state index contributed by atoms with van der Waals surface area (Å²) < 4.78 is 0. The van der Waals surface area contributed by atoms with E-state index in [-0.39, 0.29) is 74.7 Å². The summed E-state index contributed by atoms with van der Waals surface area (Å²) in [5.74, 6) is -2.38. The SMILES string of the molecule is C\C(=C/C=C/C=C/CC/C=C/C(C)C(O)C(C)C(O)/C=C/C=C/C=C/C=C/C=C/C=C\C(O)C(C)C(=O)C(O)CC(O)/C=C/CC(O)CC(O)CC(O)/C=C/CC(O)CC(O)/C=C/CC(O)CC(O)CCCN=C(N)NC(=O)CC1CCCCC1C)C(=O)O. The fourth-order valence-electron chi connectivity index (χ4n) is 9.63. The zero-order valence-corrected chi connectivity index (χ0v) is 53.0. The summed E-state index contributed by atoms with van der Waals surface area (Å²) in [4.78, 5) is 40.2. The molecule has 0 aliphatic heterocycles. The number of nitrogens with zero attached hydrogens (tertiary/aromatic N) is 1. The number of aliphatic hydroxyl groups excluding tert-OH is 12. The Kier molecular flexibility index (Phi) is 44.7. The van der Waals surface area contributed by atoms with Gasteiger partial charge in [0.05, 0.1) is 67.1 Å². The van der Waals surface area contributed by atoms with Crippen molar-refractivity contribution in [2.75, 3.05) is 6.54 Å². The lowest BCUT2D eigenvalue weighted by Crippen LogP contribution is -2.38. The lowest BCUT2D eigenvalue weighted by Gasteiger charge is -2.28. The van der Waals surface area contributed by atoms with E-state index < -0.39 is 96.8 Å². The van der Waals surface area contributed by atoms with Crippen LogP contribution < -0.4 is 11.1 Å². The molecule has 0 aromatic carbocycles. The number of aliphatic imine (C=N–C) groups is 1. The quantitative estimate of drug-likeness (QED) is 0.00742. The normalized spacial score (nSPS) is 21.4. The van der Waals surface area contributed by atoms with Crippen molar-refractivity contribution in [3.8, 4) is 0 Å². The molecule has 0 bridgehead atoms. The Labute approximate surface area is 529 Å². The first-order valence-electron chi connectivity index (χ1n) is 31.5. The van der Waals surface area contributed by atoms with Crippen molar-refractivity contribution in [3.63, 3.8) is 0 Å². The number of hydrogen-bond donors (Lipinski definition) is 15. The third-order valence-corrected chi connectivity index (χ3v) is 15.4. The molecule has 19 heteroatoms. The van der Waals surface area contributed by atoms with Crippen molar-refractivity contribution < 1.29 is 80.8 Å². The van der Waals surface area contributed by atoms with Crippen LogP contribution in [0.15, 0.2) is 162 Å². The maximum atomic E-state index is 12.8. The molecule has 89 heavy (non-hydrogen) atoms. The molecule has 1 aliphatic rings. The molecule has 19 nitrogen and oxygen atoms in total. The van der Waals surface area contributed by atoms with Crippen LogP contribution in [-0.2, 0) is 14.4 Å². The third kappa shape index (κ3) is 41.3. The fourth-order valence-corrected chi connectivity index (χ4v) is 9.63. The van der Waals surface area contributed by atoms with Crippen molar-refractivity contribution in [1.29, 1.82) is 0 Å². The van der Waals surface area contributed by atoms with Crippen LogP contribution in [0.25, 0.3) is 0 Å². The molecule has 1 aliphatic carbocycles. The minimum Gasteiger partial charge on any atom is -0.478 e. The molecule has 0 aromatic rings. The van der Waals surface area contributed by atoms with E-state index in [9.17, 15) is 75.7 Å². The highest BCUT2D eigenvalue weighted by atomic mass is 16.4. The largest absolute Gasteiger partial charge is 0.478 e. The van der Waals surface area contributed by atoms with Gasteiger partial charge in [-0.15, -0.1) is 0 Å². The maximum Gasteiger partial charge on any atom is 0.331 e. The average Bonchev–Trinajstić information content (AvgIpc) is 3.65. The highest BCUT2D eigenvalue weighted by Gasteiger charge is 2.28. The molecule has 1 saturated carbocycles. The number of guanidine groups is 1. The van der Waals surface area contributed by atoms with Crippen LogP contribution in [0, 0.1) is 29.6 Å². The van der Waals surface area contributed by atoms with Gasteiger partial charge < -0.3 is 72.1 Å². The first-order chi connectivity index (χ1) is 42.3. The number of amides is 1. The van der Waals surface area contributed by atoms with Gasteiger partial charge in [0.25, 0.3) is 0 Å². The Bertz CT molecular complexity index is 2420. The number of ketones is 1. The summed E-state index contributed by atoms with van der Waals surface area (Å²) in [6.07, 6.45) is 36.4. The second kappa shape index (κ2) is 49.0. The van der Waals surface area contributed by atoms with Gasteiger partial charge in [0.15, 0.2) is 11.7 Å². The van der Waals surface area contributed by atoms with Gasteiger partial charge in [-0.1, -0.05) is 199 Å². The molecule has 500 valence electrons. The van der Waals surface area contributed by atoms with Gasteiger partial charge in [0.2, 0.25) is 5.91 Å². The highest BCUT2D eigenvalue weighted by molar-refractivity contribution is 5.96. The summed E-state index contributed by atoms with van der Waals surface area (Å²) in [5, 5.41) is 137. The van der Waals surface area contributed by atoms with Crippen LogP contribution in [0.4, 0.5) is 0 Å². The number of allylic oxidation sites excluding steroid dienone is 16. The van der Waals surface area contributed by atoms with Crippen LogP contribution in [0.1, 0.15) is 144 Å². The van der Waals surface area contributed by atoms with Gasteiger partial charge >= 0.3 is 5.97 Å². The van der Waals surface area contributed by atoms with E-state index in [1.54, 1.807) is 92.0 Å². The van der Waals surface area contributed by atoms with Crippen LogP contribution in [0.2, 0.25) is 0 Å². The van der Waals surface area contributed by atoms with Crippen molar-refractivity contribution >= 4 is 23.6 Å². The molecule has 0 aromatic heterocycles. The van der Waals surface area contributed by atoms with Gasteiger partial charge in [0.1, 0.15) is 6.10 Å². The molecule has 1 fully saturated rings. The van der Waals surface area contributed by atoms with Crippen LogP contribution in [-0.4, -0.2) is 170 Å². The van der Waals surface area contributed by atoms with Crippen molar-refractivity contribution in [2.45, 2.75) is 217 Å². The number of carbonyl (C=O) groups is 3. The Morgan fingerprint density at radius 3 is 1.60 bits per heavy atom. The number of unbranched alkanes of at least 4 members (excludes halogenated alkanes) is 1. The number of aliphatic hydroxyl groups is 12. The van der Waals surface area contributed by atoms with Gasteiger partial charge in [-0.25, -0.2) is 4.79 Å². The zero-order valence-electron chi connectivity index (χ0n) is 53.0. The molecule has 1 amide bonds. The van der Waals surface area contributed by atoms with Crippen molar-refractivity contribution in [2.24, 2.45) is 40.3 Å². The van der Waals surface area contributed by atoms with Gasteiger partial charge in [-0.05, 0) is 83.0 Å². The van der Waals surface area contributed by atoms with Crippen molar-refractivity contribution in [3.05, 3.63) is 157 Å². The Morgan fingerprint density at radius 2 is 1.03 bits per heavy atom. The molecule has 1 rings (SSSR count). The summed E-state index contributed by atoms with van der Waals surface area (Å²) in [6, 6.07) is 0. The Hall–Kier alpha value is -5.78. The molecule has 16 N–H and O–H groups in total. The van der Waals surface area contributed by atoms with E-state index in [1.165, 1.54) is 62.8 Å². The molecule has 0 saturated heterocycles. The lowest BCUT2D eigenvalue weighted by molar-refractivity contribution is -0.134. The maximum absolute atomic E-state index is 12.8. The van der Waals surface area contributed by atoms with E-state index in [2.05, 4.69) is 17.2 Å². The van der Waals surface area contributed by atoms with Crippen LogP contribution in [0.3, 0.4) is 0 Å². The monoisotopic (exact) mass is 1250 g/mol. The average molecular weight is 1250 g/mol. The predicted molar refractivity (Wildman–Crippen MR) is 351 cm³/mol. The number of carboxylic acid groups (broad SMARTS) is 1. The third-order valence-electron chi connectivity index (χ3n) is 15.4. The Balaban J connectivity index is 2.32. The van der Waals surface area contributed by atoms with E-state index in [1.807, 2.05) is 31.2 Å². The number of Topliss-reactive ketones (excluding diaryl/α,β-unsaturated/α-hetero) is 1. The summed E-state index contributed by atoms with van der Waals surface area (Å²) in [7, 11) is 0. The van der Waals surface area contributed by atoms with Gasteiger partial charge in [-0.2, -0.15) is 0 Å². The molecular weight excluding hydrogens is 1140 g/mol. The molecule has 17 atom stereocenters. The van der Waals surface area contributed by atoms with Crippen LogP contribution in [0.5, 0.6) is 0 Å². The predicted octanol–water partition coefficient (Wildman–Crippen LogP) is 6.83. The smallest absolute Gasteiger partial charge is 0.331 e. The second-order valence-corrected chi connectivity index (χ2v) is 23.5. The first-order valence-corrected chi connectivity index (χ1v) is 31.5. The molecule has 0 spiro atoms. The summed E-state index contributed by atoms with van der Waals surface area (Å²) in [5.41, 5.74) is 6.13. The minimum atomic E-state index is -1.57. The number of rotatable bonds is 45. The van der Waals surface area contributed by atoms with E-state index >= 15 is 0 Å². The standard InChI is InChI=1S/C70H109N3O16/c1-49-29-23-24-32-54(49)43-66(85)73-70(71)72-42-28-39-60(79)45-57(76)34-25-33-55(74)44-56(75)35-26-36-58(77)46-62(81)47-59(78)37-27-38-61(80)48-65(84)68(87)53(5)64(83)41-22-18-14-9-7-6-8-13-17-21-40-63(82)52(4)67(86)50(2)30-19-15-11-10-12-16-20-31-51(3)69(88)89/h6-10,12-14,16-22,25-27,30-31,33,36,38,40-41,49-50,52-65,67,74-84,86H,11,15,23-24,28-29,32,34-35,37,39,42-48H2,1-5H3,(H,88,89)(H3,71,72,73,85)/b8-6+,9-7+,12-10+,17-13+,18-14+,20-16+,30-19+,33-25+,36-26+,38-27+,40-21+,41-22-,51-31+. The highest BCUT2D eigenvalue weighted by Crippen LogP contribution is 2.32. The number of nitrogens with two attached hydrogens (primary N) is 1. The number of carbonyl (C=O) groups excluding carboxylic acids is 2. The minimum absolute atomic E-state index is 0.0169. The lowest BCUT2D eigenvalue weighted by atomic mass is 9.78. The van der Waals surface area contributed by atoms with Gasteiger partial charge in [-0.3, -0.25) is 19.9 Å². The van der Waals surface area contributed by atoms with Gasteiger partial charge in [0, 0.05) is 55.6 Å². The van der Waals surface area contributed by atoms with E-state index in [0.717, 1.165) is 32.1 Å². The van der Waals surface area contributed by atoms with E-state index in [0.29, 0.717) is 37.6 Å². The van der Waals surface area contributed by atoms with Crippen LogP contribution >= 0.6 is 0 Å². The molecular formula is C70H109N3O16. The molecule has 0 heterocycles. The zero-order chi connectivity index (χ0) is 66.5. The molecule has 17 unspecified atom stereocenters. The van der Waals surface area contributed by atoms with E-state index in [4.69, 9.17) is 10.8 Å². The summed E-state index contributed by atoms with van der Waals surface area (Å²) >= 11 is 0. The van der Waals surface area contributed by atoms with Crippen molar-refractivity contribution in [1.82, 2.24) is 5.32 Å².